The van der Waals surface area contributed by atoms with Crippen molar-refractivity contribution in [1.29, 1.82) is 0 Å². The summed E-state index contributed by atoms with van der Waals surface area (Å²) >= 11 is 3.41. The van der Waals surface area contributed by atoms with E-state index in [4.69, 9.17) is 5.14 Å². The fourth-order valence-electron chi connectivity index (χ4n) is 2.02. The molecule has 0 unspecified atom stereocenters. The van der Waals surface area contributed by atoms with Crippen LogP contribution in [0.3, 0.4) is 0 Å². The Balaban J connectivity index is 2.05. The van der Waals surface area contributed by atoms with Crippen LogP contribution in [-0.4, -0.2) is 18.4 Å². The van der Waals surface area contributed by atoms with Crippen LogP contribution in [0.25, 0.3) is 10.9 Å². The molecule has 1 heterocycles. The third-order valence-electron chi connectivity index (χ3n) is 3.02. The maximum Gasteiger partial charge on any atom is 0.238 e. The minimum absolute atomic E-state index is 0.0389. The van der Waals surface area contributed by atoms with E-state index in [2.05, 4.69) is 31.2 Å². The number of benzene rings is 2. The van der Waals surface area contributed by atoms with Crippen LogP contribution in [0, 0.1) is 0 Å². The molecule has 0 radical (unpaired) electrons. The van der Waals surface area contributed by atoms with Gasteiger partial charge in [-0.2, -0.15) is 0 Å². The van der Waals surface area contributed by atoms with Gasteiger partial charge in [-0.05, 0) is 36.4 Å². The van der Waals surface area contributed by atoms with Crippen LogP contribution in [0.4, 0.5) is 11.5 Å². The summed E-state index contributed by atoms with van der Waals surface area (Å²) in [5.41, 5.74) is 1.36. The standard InChI is InChI=1S/C14H11BrN4O2S/c15-9-4-5-13-12(6-9)14(18-8-17-13)19-10-2-1-3-11(7-10)22(16,20)21/h1-8H,(H2,16,20,21)(H,17,18,19). The number of fused-ring (bicyclic) bond motifs is 1. The molecule has 0 saturated heterocycles. The molecule has 6 nitrogen and oxygen atoms in total. The van der Waals surface area contributed by atoms with Crippen LogP contribution in [0.15, 0.2) is 58.2 Å². The van der Waals surface area contributed by atoms with Crippen molar-refractivity contribution >= 4 is 48.4 Å². The summed E-state index contributed by atoms with van der Waals surface area (Å²) in [5.74, 6) is 0.581. The van der Waals surface area contributed by atoms with Crippen molar-refractivity contribution in [2.45, 2.75) is 4.90 Å². The molecule has 112 valence electrons. The number of sulfonamides is 1. The number of nitrogens with two attached hydrogens (primary N) is 1. The number of halogens is 1. The summed E-state index contributed by atoms with van der Waals surface area (Å²) in [5, 5.41) is 9.05. The number of hydrogen-bond acceptors (Lipinski definition) is 5. The highest BCUT2D eigenvalue weighted by molar-refractivity contribution is 9.10. The first-order chi connectivity index (χ1) is 10.4. The van der Waals surface area contributed by atoms with Crippen LogP contribution in [0.1, 0.15) is 0 Å². The monoisotopic (exact) mass is 378 g/mol. The van der Waals surface area contributed by atoms with E-state index in [0.717, 1.165) is 15.4 Å². The van der Waals surface area contributed by atoms with Gasteiger partial charge in [-0.1, -0.05) is 22.0 Å². The summed E-state index contributed by atoms with van der Waals surface area (Å²) in [4.78, 5) is 8.44. The summed E-state index contributed by atoms with van der Waals surface area (Å²) in [6, 6.07) is 11.9. The van der Waals surface area contributed by atoms with Gasteiger partial charge < -0.3 is 5.32 Å². The van der Waals surface area contributed by atoms with Gasteiger partial charge in [0.25, 0.3) is 0 Å². The molecule has 1 aromatic heterocycles. The summed E-state index contributed by atoms with van der Waals surface area (Å²) in [7, 11) is -3.75. The predicted molar refractivity (Wildman–Crippen MR) is 88.3 cm³/mol. The smallest absolute Gasteiger partial charge is 0.238 e. The number of nitrogens with one attached hydrogen (secondary N) is 1. The topological polar surface area (TPSA) is 98.0 Å². The van der Waals surface area contributed by atoms with Gasteiger partial charge in [0.15, 0.2) is 0 Å². The maximum atomic E-state index is 11.4. The predicted octanol–water partition coefficient (Wildman–Crippen LogP) is 2.78. The molecule has 8 heteroatoms. The van der Waals surface area contributed by atoms with Gasteiger partial charge in [0.05, 0.1) is 10.4 Å². The SMILES string of the molecule is NS(=O)(=O)c1cccc(Nc2ncnc3ccc(Br)cc23)c1. The van der Waals surface area contributed by atoms with Crippen LogP contribution in [-0.2, 0) is 10.0 Å². The number of hydrogen-bond donors (Lipinski definition) is 2. The largest absolute Gasteiger partial charge is 0.340 e. The zero-order valence-corrected chi connectivity index (χ0v) is 13.6. The molecule has 3 rings (SSSR count). The minimum Gasteiger partial charge on any atom is -0.340 e. The Hall–Kier alpha value is -2.03. The molecule has 3 N–H and O–H groups in total. The number of primary sulfonamides is 1. The second-order valence-corrected chi connectivity index (χ2v) is 7.06. The van der Waals surface area contributed by atoms with Gasteiger partial charge in [0.1, 0.15) is 12.1 Å². The zero-order valence-electron chi connectivity index (χ0n) is 11.2. The fraction of sp³-hybridized carbons (Fsp3) is 0. The molecule has 0 amide bonds. The molecule has 0 aliphatic heterocycles. The molecule has 2 aromatic carbocycles. The fourth-order valence-corrected chi connectivity index (χ4v) is 2.94. The zero-order chi connectivity index (χ0) is 15.7. The van der Waals surface area contributed by atoms with E-state index in [0.29, 0.717) is 11.5 Å². The van der Waals surface area contributed by atoms with Crippen LogP contribution in [0.5, 0.6) is 0 Å². The van der Waals surface area contributed by atoms with Crippen LogP contribution >= 0.6 is 15.9 Å². The molecule has 0 aliphatic rings. The highest BCUT2D eigenvalue weighted by Crippen LogP contribution is 2.26. The Morgan fingerprint density at radius 3 is 2.68 bits per heavy atom. The second-order valence-electron chi connectivity index (χ2n) is 4.58. The van der Waals surface area contributed by atoms with E-state index < -0.39 is 10.0 Å². The van der Waals surface area contributed by atoms with Gasteiger partial charge >= 0.3 is 0 Å². The Morgan fingerprint density at radius 2 is 1.91 bits per heavy atom. The molecule has 0 saturated carbocycles. The Labute approximate surface area is 135 Å². The Bertz CT molecular complexity index is 960. The third kappa shape index (κ3) is 3.08. The average molecular weight is 379 g/mol. The highest BCUT2D eigenvalue weighted by atomic mass is 79.9. The Kier molecular flexibility index (Phi) is 3.81. The number of anilines is 2. The first-order valence-corrected chi connectivity index (χ1v) is 8.57. The quantitative estimate of drug-likeness (QED) is 0.729. The van der Waals surface area contributed by atoms with Gasteiger partial charge in [0, 0.05) is 15.5 Å². The molecule has 0 spiro atoms. The lowest BCUT2D eigenvalue weighted by atomic mass is 10.2. The third-order valence-corrected chi connectivity index (χ3v) is 4.43. The summed E-state index contributed by atoms with van der Waals surface area (Å²) in [6.45, 7) is 0. The lowest BCUT2D eigenvalue weighted by Crippen LogP contribution is -2.12. The normalized spacial score (nSPS) is 11.5. The minimum atomic E-state index is -3.75. The van der Waals surface area contributed by atoms with Crippen LogP contribution < -0.4 is 10.5 Å². The van der Waals surface area contributed by atoms with Crippen molar-refractivity contribution in [3.05, 3.63) is 53.3 Å². The molecule has 0 fully saturated rings. The first kappa shape index (κ1) is 14.9. The van der Waals surface area contributed by atoms with E-state index in [-0.39, 0.29) is 4.90 Å². The first-order valence-electron chi connectivity index (χ1n) is 6.24. The van der Waals surface area contributed by atoms with Gasteiger partial charge in [-0.15, -0.1) is 0 Å². The Morgan fingerprint density at radius 1 is 1.09 bits per heavy atom. The average Bonchev–Trinajstić information content (AvgIpc) is 2.47. The van der Waals surface area contributed by atoms with E-state index in [1.807, 2.05) is 18.2 Å². The molecule has 22 heavy (non-hydrogen) atoms. The van der Waals surface area contributed by atoms with Crippen molar-refractivity contribution in [2.75, 3.05) is 5.32 Å². The summed E-state index contributed by atoms with van der Waals surface area (Å²) in [6.07, 6.45) is 1.45. The number of rotatable bonds is 3. The van der Waals surface area contributed by atoms with Crippen molar-refractivity contribution in [2.24, 2.45) is 5.14 Å². The van der Waals surface area contributed by atoms with Gasteiger partial charge in [-0.3, -0.25) is 0 Å². The second kappa shape index (κ2) is 5.64. The van der Waals surface area contributed by atoms with Crippen LogP contribution in [0.2, 0.25) is 0 Å². The molecule has 0 aliphatic carbocycles. The lowest BCUT2D eigenvalue weighted by molar-refractivity contribution is 0.598. The van der Waals surface area contributed by atoms with Crippen molar-refractivity contribution in [3.63, 3.8) is 0 Å². The van der Waals surface area contributed by atoms with E-state index in [1.165, 1.54) is 18.5 Å². The molecule has 0 atom stereocenters. The van der Waals surface area contributed by atoms with Gasteiger partial charge in [0.2, 0.25) is 10.0 Å². The van der Waals surface area contributed by atoms with Gasteiger partial charge in [-0.25, -0.2) is 23.5 Å². The lowest BCUT2D eigenvalue weighted by Gasteiger charge is -2.09. The molecule has 0 bridgehead atoms. The van der Waals surface area contributed by atoms with Crippen molar-refractivity contribution in [3.8, 4) is 0 Å². The molecule has 3 aromatic rings. The van der Waals surface area contributed by atoms with Crippen molar-refractivity contribution < 1.29 is 8.42 Å². The van der Waals surface area contributed by atoms with E-state index >= 15 is 0 Å². The van der Waals surface area contributed by atoms with Crippen molar-refractivity contribution in [1.82, 2.24) is 9.97 Å². The summed E-state index contributed by atoms with van der Waals surface area (Å²) < 4.78 is 23.7. The van der Waals surface area contributed by atoms with E-state index in [1.54, 1.807) is 12.1 Å². The molecular weight excluding hydrogens is 368 g/mol. The number of nitrogens with zero attached hydrogens (tertiary/aromatic N) is 2. The molecular formula is C14H11BrN4O2S. The number of aromatic nitrogens is 2. The maximum absolute atomic E-state index is 11.4. The van der Waals surface area contributed by atoms with E-state index in [9.17, 15) is 8.42 Å². The highest BCUT2D eigenvalue weighted by Gasteiger charge is 2.09.